The second-order valence-electron chi connectivity index (χ2n) is 4.58. The molecule has 1 N–H and O–H groups in total. The van der Waals surface area contributed by atoms with Crippen molar-refractivity contribution in [3.8, 4) is 5.75 Å². The first-order valence-corrected chi connectivity index (χ1v) is 7.89. The van der Waals surface area contributed by atoms with Crippen LogP contribution >= 0.6 is 0 Å². The summed E-state index contributed by atoms with van der Waals surface area (Å²) >= 11 is 0. The molecule has 1 aromatic carbocycles. The van der Waals surface area contributed by atoms with Gasteiger partial charge >= 0.3 is 0 Å². The summed E-state index contributed by atoms with van der Waals surface area (Å²) < 4.78 is 31.8. The van der Waals surface area contributed by atoms with Crippen molar-refractivity contribution in [2.24, 2.45) is 0 Å². The molecule has 0 unspecified atom stereocenters. The second-order valence-corrected chi connectivity index (χ2v) is 6.51. The molecule has 0 saturated carbocycles. The van der Waals surface area contributed by atoms with Gasteiger partial charge in [0.2, 0.25) is 10.0 Å². The third-order valence-corrected chi connectivity index (χ3v) is 5.29. The number of ether oxygens (including phenoxy) is 1. The maximum Gasteiger partial charge on any atom is 0.243 e. The van der Waals surface area contributed by atoms with Crippen molar-refractivity contribution in [1.29, 1.82) is 0 Å². The molecule has 19 heavy (non-hydrogen) atoms. The van der Waals surface area contributed by atoms with Crippen LogP contribution in [0.2, 0.25) is 0 Å². The number of hydrogen-bond donors (Lipinski definition) is 1. The smallest absolute Gasteiger partial charge is 0.243 e. The first-order chi connectivity index (χ1) is 9.09. The van der Waals surface area contributed by atoms with E-state index in [1.807, 2.05) is 0 Å². The number of benzene rings is 1. The summed E-state index contributed by atoms with van der Waals surface area (Å²) in [6.07, 6.45) is 2.99. The lowest BCUT2D eigenvalue weighted by molar-refractivity contribution is 0.346. The molecule has 6 heteroatoms. The molecule has 0 atom stereocenters. The van der Waals surface area contributed by atoms with Crippen LogP contribution in [0.25, 0.3) is 0 Å². The standard InChI is InChI=1S/C13H20N2O3S/c1-14-12-10-11(6-7-13(12)18-2)19(16,17)15-8-4-3-5-9-15/h6-7,10,14H,3-5,8-9H2,1-2H3. The summed E-state index contributed by atoms with van der Waals surface area (Å²) in [5.41, 5.74) is 0.681. The number of anilines is 1. The quantitative estimate of drug-likeness (QED) is 0.917. The molecule has 0 amide bonds. The number of piperidine rings is 1. The van der Waals surface area contributed by atoms with E-state index in [1.54, 1.807) is 36.7 Å². The van der Waals surface area contributed by atoms with Crippen molar-refractivity contribution < 1.29 is 13.2 Å². The number of rotatable bonds is 4. The zero-order chi connectivity index (χ0) is 13.9. The third kappa shape index (κ3) is 2.84. The third-order valence-electron chi connectivity index (χ3n) is 3.39. The molecule has 2 rings (SSSR count). The maximum absolute atomic E-state index is 12.5. The van der Waals surface area contributed by atoms with Crippen molar-refractivity contribution in [2.45, 2.75) is 24.2 Å². The van der Waals surface area contributed by atoms with Crippen LogP contribution in [0.15, 0.2) is 23.1 Å². The zero-order valence-corrected chi connectivity index (χ0v) is 12.2. The Bertz CT molecular complexity index is 537. The van der Waals surface area contributed by atoms with Crippen LogP contribution in [0.4, 0.5) is 5.69 Å². The van der Waals surface area contributed by atoms with Crippen LogP contribution in [-0.4, -0.2) is 40.0 Å². The molecule has 0 bridgehead atoms. The van der Waals surface area contributed by atoms with Crippen molar-refractivity contribution in [2.75, 3.05) is 32.6 Å². The summed E-state index contributed by atoms with van der Waals surface area (Å²) in [4.78, 5) is 0.319. The van der Waals surface area contributed by atoms with Gasteiger partial charge in [-0.15, -0.1) is 0 Å². The van der Waals surface area contributed by atoms with Crippen LogP contribution in [0.5, 0.6) is 5.75 Å². The number of methoxy groups -OCH3 is 1. The van der Waals surface area contributed by atoms with Crippen LogP contribution in [-0.2, 0) is 10.0 Å². The molecule has 0 spiro atoms. The minimum atomic E-state index is -3.38. The molecule has 1 aliphatic heterocycles. The van der Waals surface area contributed by atoms with Gasteiger partial charge in [-0.2, -0.15) is 4.31 Å². The Morgan fingerprint density at radius 3 is 2.47 bits per heavy atom. The van der Waals surface area contributed by atoms with E-state index in [0.29, 0.717) is 29.4 Å². The monoisotopic (exact) mass is 284 g/mol. The SMILES string of the molecule is CNc1cc(S(=O)(=O)N2CCCCC2)ccc1OC. The predicted octanol–water partition coefficient (Wildman–Crippen LogP) is 1.91. The molecule has 1 aliphatic rings. The lowest BCUT2D eigenvalue weighted by atomic mass is 10.2. The van der Waals surface area contributed by atoms with Gasteiger partial charge in [-0.05, 0) is 31.0 Å². The molecule has 106 valence electrons. The summed E-state index contributed by atoms with van der Waals surface area (Å²) in [6, 6.07) is 4.91. The minimum absolute atomic E-state index is 0.319. The zero-order valence-electron chi connectivity index (χ0n) is 11.3. The Kier molecular flexibility index (Phi) is 4.31. The molecule has 1 aromatic rings. The predicted molar refractivity (Wildman–Crippen MR) is 75.2 cm³/mol. The molecule has 0 aliphatic carbocycles. The summed E-state index contributed by atoms with van der Waals surface area (Å²) in [6.45, 7) is 1.23. The molecular formula is C13H20N2O3S. The van der Waals surface area contributed by atoms with E-state index in [9.17, 15) is 8.42 Å². The van der Waals surface area contributed by atoms with Gasteiger partial charge in [0.1, 0.15) is 5.75 Å². The van der Waals surface area contributed by atoms with Gasteiger partial charge < -0.3 is 10.1 Å². The van der Waals surface area contributed by atoms with Gasteiger partial charge in [0.05, 0.1) is 17.7 Å². The molecule has 5 nitrogen and oxygen atoms in total. The second kappa shape index (κ2) is 5.79. The van der Waals surface area contributed by atoms with E-state index in [4.69, 9.17) is 4.74 Å². The Hall–Kier alpha value is -1.27. The highest BCUT2D eigenvalue weighted by atomic mass is 32.2. The van der Waals surface area contributed by atoms with Gasteiger partial charge in [0, 0.05) is 20.1 Å². The Morgan fingerprint density at radius 2 is 1.89 bits per heavy atom. The fraction of sp³-hybridized carbons (Fsp3) is 0.538. The fourth-order valence-electron chi connectivity index (χ4n) is 2.30. The number of hydrogen-bond acceptors (Lipinski definition) is 4. The van der Waals surface area contributed by atoms with Crippen molar-refractivity contribution in [1.82, 2.24) is 4.31 Å². The van der Waals surface area contributed by atoms with Crippen LogP contribution < -0.4 is 10.1 Å². The largest absolute Gasteiger partial charge is 0.495 e. The van der Waals surface area contributed by atoms with Gasteiger partial charge in [-0.25, -0.2) is 8.42 Å². The highest BCUT2D eigenvalue weighted by Crippen LogP contribution is 2.29. The highest BCUT2D eigenvalue weighted by molar-refractivity contribution is 7.89. The molecule has 1 saturated heterocycles. The Labute approximate surface area is 114 Å². The van der Waals surface area contributed by atoms with Crippen molar-refractivity contribution >= 4 is 15.7 Å². The van der Waals surface area contributed by atoms with Gasteiger partial charge in [-0.1, -0.05) is 6.42 Å². The summed E-state index contributed by atoms with van der Waals surface area (Å²) in [5.74, 6) is 0.639. The van der Waals surface area contributed by atoms with Crippen LogP contribution in [0.1, 0.15) is 19.3 Å². The average Bonchev–Trinajstić information content (AvgIpc) is 2.47. The number of nitrogens with zero attached hydrogens (tertiary/aromatic N) is 1. The summed E-state index contributed by atoms with van der Waals surface area (Å²) in [5, 5.41) is 2.95. The Balaban J connectivity index is 2.34. The molecular weight excluding hydrogens is 264 g/mol. The number of sulfonamides is 1. The van der Waals surface area contributed by atoms with Crippen LogP contribution in [0.3, 0.4) is 0 Å². The number of nitrogens with one attached hydrogen (secondary N) is 1. The Morgan fingerprint density at radius 1 is 1.21 bits per heavy atom. The van der Waals surface area contributed by atoms with E-state index in [-0.39, 0.29) is 0 Å². The fourth-order valence-corrected chi connectivity index (χ4v) is 3.84. The van der Waals surface area contributed by atoms with E-state index >= 15 is 0 Å². The van der Waals surface area contributed by atoms with E-state index in [2.05, 4.69) is 5.32 Å². The molecule has 1 fully saturated rings. The summed E-state index contributed by atoms with van der Waals surface area (Å²) in [7, 11) is -0.0722. The first-order valence-electron chi connectivity index (χ1n) is 6.45. The van der Waals surface area contributed by atoms with Crippen LogP contribution in [0, 0.1) is 0 Å². The average molecular weight is 284 g/mol. The topological polar surface area (TPSA) is 58.6 Å². The van der Waals surface area contributed by atoms with Gasteiger partial charge in [-0.3, -0.25) is 0 Å². The van der Waals surface area contributed by atoms with E-state index in [1.165, 1.54) is 0 Å². The van der Waals surface area contributed by atoms with Gasteiger partial charge in [0.15, 0.2) is 0 Å². The van der Waals surface area contributed by atoms with Crippen molar-refractivity contribution in [3.63, 3.8) is 0 Å². The molecule has 0 radical (unpaired) electrons. The first kappa shape index (κ1) is 14.1. The maximum atomic E-state index is 12.5. The van der Waals surface area contributed by atoms with Crippen molar-refractivity contribution in [3.05, 3.63) is 18.2 Å². The minimum Gasteiger partial charge on any atom is -0.495 e. The normalized spacial score (nSPS) is 17.2. The van der Waals surface area contributed by atoms with E-state index < -0.39 is 10.0 Å². The van der Waals surface area contributed by atoms with Gasteiger partial charge in [0.25, 0.3) is 0 Å². The highest BCUT2D eigenvalue weighted by Gasteiger charge is 2.26. The molecule has 0 aromatic heterocycles. The lowest BCUT2D eigenvalue weighted by Gasteiger charge is -2.26. The molecule has 1 heterocycles. The lowest BCUT2D eigenvalue weighted by Crippen LogP contribution is -2.35. The van der Waals surface area contributed by atoms with E-state index in [0.717, 1.165) is 19.3 Å².